The van der Waals surface area contributed by atoms with Crippen LogP contribution < -0.4 is 16.2 Å². The molecule has 100 valence electrons. The van der Waals surface area contributed by atoms with Gasteiger partial charge < -0.3 is 16.2 Å². The number of nitrogens with two attached hydrogens (primary N) is 2. The molecule has 1 aromatic carbocycles. The average molecular weight is 251 g/mol. The Bertz CT molecular complexity index is 419. The van der Waals surface area contributed by atoms with E-state index >= 15 is 0 Å². The molecule has 0 radical (unpaired) electrons. The molecule has 0 atom stereocenters. The molecule has 0 saturated carbocycles. The van der Waals surface area contributed by atoms with Gasteiger partial charge in [0.05, 0.1) is 13.7 Å². The lowest BCUT2D eigenvalue weighted by molar-refractivity contribution is -0.119. The number of nitrogens with zero attached hydrogens (tertiary/aromatic N) is 1. The summed E-state index contributed by atoms with van der Waals surface area (Å²) in [6.07, 6.45) is 0. The molecule has 0 heterocycles. The first-order valence-electron chi connectivity index (χ1n) is 5.88. The van der Waals surface area contributed by atoms with Crippen LogP contribution in [-0.4, -0.2) is 30.5 Å². The number of hydrogen-bond acceptors (Lipinski definition) is 4. The van der Waals surface area contributed by atoms with E-state index in [4.69, 9.17) is 16.2 Å². The van der Waals surface area contributed by atoms with Crippen LogP contribution >= 0.6 is 0 Å². The summed E-state index contributed by atoms with van der Waals surface area (Å²) in [5.74, 6) is 0.422. The molecule has 0 spiro atoms. The first kappa shape index (κ1) is 14.3. The van der Waals surface area contributed by atoms with Crippen LogP contribution in [0.25, 0.3) is 0 Å². The zero-order valence-electron chi connectivity index (χ0n) is 11.1. The fourth-order valence-corrected chi connectivity index (χ4v) is 1.76. The van der Waals surface area contributed by atoms with E-state index < -0.39 is 0 Å². The van der Waals surface area contributed by atoms with Gasteiger partial charge in [0.2, 0.25) is 5.91 Å². The Morgan fingerprint density at radius 1 is 1.44 bits per heavy atom. The van der Waals surface area contributed by atoms with Gasteiger partial charge in [0.1, 0.15) is 5.75 Å². The number of methoxy groups -OCH3 is 1. The number of benzene rings is 1. The Kier molecular flexibility index (Phi) is 4.97. The van der Waals surface area contributed by atoms with Crippen molar-refractivity contribution >= 4 is 11.6 Å². The van der Waals surface area contributed by atoms with Crippen molar-refractivity contribution in [2.24, 2.45) is 5.73 Å². The van der Waals surface area contributed by atoms with E-state index in [0.717, 1.165) is 11.3 Å². The molecule has 0 fully saturated rings. The normalized spacial score (nSPS) is 10.9. The van der Waals surface area contributed by atoms with Gasteiger partial charge in [-0.05, 0) is 32.0 Å². The number of hydrogen-bond donors (Lipinski definition) is 2. The monoisotopic (exact) mass is 251 g/mol. The van der Waals surface area contributed by atoms with E-state index in [1.807, 2.05) is 30.9 Å². The third-order valence-corrected chi connectivity index (χ3v) is 2.77. The summed E-state index contributed by atoms with van der Waals surface area (Å²) >= 11 is 0. The van der Waals surface area contributed by atoms with Crippen LogP contribution in [0, 0.1) is 0 Å². The molecule has 0 saturated heterocycles. The van der Waals surface area contributed by atoms with Crippen LogP contribution in [0.2, 0.25) is 0 Å². The quantitative estimate of drug-likeness (QED) is 0.738. The first-order chi connectivity index (χ1) is 8.43. The van der Waals surface area contributed by atoms with Gasteiger partial charge in [0.15, 0.2) is 0 Å². The second kappa shape index (κ2) is 6.26. The Hall–Kier alpha value is -1.75. The van der Waals surface area contributed by atoms with Crippen molar-refractivity contribution in [2.45, 2.75) is 26.4 Å². The van der Waals surface area contributed by atoms with Crippen molar-refractivity contribution in [1.29, 1.82) is 0 Å². The van der Waals surface area contributed by atoms with Crippen molar-refractivity contribution in [1.82, 2.24) is 4.90 Å². The van der Waals surface area contributed by atoms with Gasteiger partial charge in [-0.1, -0.05) is 0 Å². The largest absolute Gasteiger partial charge is 0.496 e. The number of carbonyl (C=O) groups excluding carboxylic acids is 1. The highest BCUT2D eigenvalue weighted by Crippen LogP contribution is 2.23. The third-order valence-electron chi connectivity index (χ3n) is 2.77. The smallest absolute Gasteiger partial charge is 0.231 e. The lowest BCUT2D eigenvalue weighted by Gasteiger charge is -2.25. The van der Waals surface area contributed by atoms with Gasteiger partial charge in [-0.2, -0.15) is 0 Å². The molecular formula is C13H21N3O2. The molecule has 0 bridgehead atoms. The number of amides is 1. The van der Waals surface area contributed by atoms with Crippen molar-refractivity contribution in [3.05, 3.63) is 23.8 Å². The zero-order chi connectivity index (χ0) is 13.7. The van der Waals surface area contributed by atoms with Crippen molar-refractivity contribution < 1.29 is 9.53 Å². The molecule has 0 aliphatic rings. The van der Waals surface area contributed by atoms with E-state index in [1.54, 1.807) is 13.2 Å². The van der Waals surface area contributed by atoms with E-state index in [9.17, 15) is 4.79 Å². The van der Waals surface area contributed by atoms with E-state index in [1.165, 1.54) is 0 Å². The van der Waals surface area contributed by atoms with Gasteiger partial charge in [-0.25, -0.2) is 0 Å². The van der Waals surface area contributed by atoms with E-state index in [-0.39, 0.29) is 18.5 Å². The van der Waals surface area contributed by atoms with Crippen LogP contribution in [0.1, 0.15) is 19.4 Å². The minimum atomic E-state index is -0.341. The molecule has 18 heavy (non-hydrogen) atoms. The maximum Gasteiger partial charge on any atom is 0.231 e. The summed E-state index contributed by atoms with van der Waals surface area (Å²) in [4.78, 5) is 13.0. The lowest BCUT2D eigenvalue weighted by atomic mass is 10.1. The molecule has 1 aromatic rings. The predicted molar refractivity (Wildman–Crippen MR) is 72.1 cm³/mol. The molecule has 0 aliphatic carbocycles. The summed E-state index contributed by atoms with van der Waals surface area (Å²) in [6, 6.07) is 5.68. The number of rotatable bonds is 6. The summed E-state index contributed by atoms with van der Waals surface area (Å²) in [5.41, 5.74) is 12.6. The number of anilines is 1. The Morgan fingerprint density at radius 3 is 2.61 bits per heavy atom. The second-order valence-electron chi connectivity index (χ2n) is 4.54. The van der Waals surface area contributed by atoms with Gasteiger partial charge >= 0.3 is 0 Å². The fraction of sp³-hybridized carbons (Fsp3) is 0.462. The van der Waals surface area contributed by atoms with E-state index in [0.29, 0.717) is 12.2 Å². The van der Waals surface area contributed by atoms with Crippen LogP contribution in [-0.2, 0) is 11.3 Å². The molecule has 0 aromatic heterocycles. The minimum absolute atomic E-state index is 0.212. The minimum Gasteiger partial charge on any atom is -0.496 e. The van der Waals surface area contributed by atoms with Gasteiger partial charge in [0, 0.05) is 23.8 Å². The Labute approximate surface area is 108 Å². The number of ether oxygens (including phenoxy) is 1. The van der Waals surface area contributed by atoms with Gasteiger partial charge in [0.25, 0.3) is 0 Å². The second-order valence-corrected chi connectivity index (χ2v) is 4.54. The molecule has 5 heteroatoms. The number of nitrogen functional groups attached to an aromatic ring is 1. The van der Waals surface area contributed by atoms with Crippen LogP contribution in [0.3, 0.4) is 0 Å². The highest BCUT2D eigenvalue weighted by Gasteiger charge is 2.15. The summed E-state index contributed by atoms with van der Waals surface area (Å²) in [5, 5.41) is 0. The highest BCUT2D eigenvalue weighted by atomic mass is 16.5. The van der Waals surface area contributed by atoms with Crippen molar-refractivity contribution in [3.8, 4) is 5.75 Å². The average Bonchev–Trinajstić information content (AvgIpc) is 2.27. The van der Waals surface area contributed by atoms with Crippen molar-refractivity contribution in [2.75, 3.05) is 19.4 Å². The number of primary amides is 1. The van der Waals surface area contributed by atoms with Crippen LogP contribution in [0.15, 0.2) is 18.2 Å². The predicted octanol–water partition coefficient (Wildman–Crippen LogP) is 0.973. The van der Waals surface area contributed by atoms with Gasteiger partial charge in [-0.15, -0.1) is 0 Å². The topological polar surface area (TPSA) is 81.6 Å². The van der Waals surface area contributed by atoms with Gasteiger partial charge in [-0.3, -0.25) is 9.69 Å². The zero-order valence-corrected chi connectivity index (χ0v) is 11.1. The maximum atomic E-state index is 11.1. The third kappa shape index (κ3) is 3.92. The SMILES string of the molecule is COc1ccc(N)cc1CN(CC(N)=O)C(C)C. The molecule has 1 rings (SSSR count). The van der Waals surface area contributed by atoms with Crippen LogP contribution in [0.5, 0.6) is 5.75 Å². The summed E-state index contributed by atoms with van der Waals surface area (Å²) in [6.45, 7) is 4.83. The highest BCUT2D eigenvalue weighted by molar-refractivity contribution is 5.76. The molecule has 5 nitrogen and oxygen atoms in total. The Balaban J connectivity index is 2.92. The van der Waals surface area contributed by atoms with E-state index in [2.05, 4.69) is 0 Å². The first-order valence-corrected chi connectivity index (χ1v) is 5.88. The molecular weight excluding hydrogens is 230 g/mol. The standard InChI is InChI=1S/C13H21N3O2/c1-9(2)16(8-13(15)17)7-10-6-11(14)4-5-12(10)18-3/h4-6,9H,7-8,14H2,1-3H3,(H2,15,17). The number of carbonyl (C=O) groups is 1. The van der Waals surface area contributed by atoms with Crippen molar-refractivity contribution in [3.63, 3.8) is 0 Å². The maximum absolute atomic E-state index is 11.1. The molecule has 0 aliphatic heterocycles. The summed E-state index contributed by atoms with van der Waals surface area (Å²) in [7, 11) is 1.61. The Morgan fingerprint density at radius 2 is 2.11 bits per heavy atom. The lowest BCUT2D eigenvalue weighted by Crippen LogP contribution is -2.38. The molecule has 0 unspecified atom stereocenters. The molecule has 4 N–H and O–H groups in total. The summed E-state index contributed by atoms with van der Waals surface area (Å²) < 4.78 is 5.29. The molecule has 1 amide bonds. The van der Waals surface area contributed by atoms with Crippen LogP contribution in [0.4, 0.5) is 5.69 Å². The fourth-order valence-electron chi connectivity index (χ4n) is 1.76.